The lowest BCUT2D eigenvalue weighted by atomic mass is 10.0. The van der Waals surface area contributed by atoms with Crippen molar-refractivity contribution in [3.63, 3.8) is 0 Å². The zero-order valence-corrected chi connectivity index (χ0v) is 27.4. The lowest BCUT2D eigenvalue weighted by Gasteiger charge is -2.24. The molecule has 2 aromatic rings. The van der Waals surface area contributed by atoms with Crippen molar-refractivity contribution < 1.29 is 18.8 Å². The van der Waals surface area contributed by atoms with Crippen LogP contribution in [0.15, 0.2) is 42.5 Å². The van der Waals surface area contributed by atoms with Gasteiger partial charge < -0.3 is 14.0 Å². The highest BCUT2D eigenvalue weighted by molar-refractivity contribution is 6.71. The molecule has 4 nitrogen and oxygen atoms in total. The van der Waals surface area contributed by atoms with Crippen molar-refractivity contribution in [2.75, 3.05) is 0 Å². The predicted octanol–water partition coefficient (Wildman–Crippen LogP) is 9.70. The van der Waals surface area contributed by atoms with Gasteiger partial charge in [0.15, 0.2) is 16.6 Å². The third-order valence-electron chi connectivity index (χ3n) is 7.12. The molecule has 216 valence electrons. The Hall–Kier alpha value is -2.00. The van der Waals surface area contributed by atoms with E-state index in [9.17, 15) is 4.79 Å². The second-order valence-corrected chi connectivity index (χ2v) is 20.7. The standard InChI is InChI=1S/C33H52O4Si2/c1-7-9-20-38(3,4)36-26-31-23-30(24-32(25-31)27-37-39(5,6)21-10-8-2)19-18-29-16-13-15-28(22-29)14-11-12-17-33(34)35/h13,15-16,18-19,22-25H,7-12,14,17,20-21,26-27H2,1-6H3,(H,34,35). The summed E-state index contributed by atoms with van der Waals surface area (Å²) in [7, 11) is -3.36. The highest BCUT2D eigenvalue weighted by Crippen LogP contribution is 2.23. The van der Waals surface area contributed by atoms with Gasteiger partial charge in [0.1, 0.15) is 0 Å². The van der Waals surface area contributed by atoms with Gasteiger partial charge >= 0.3 is 5.97 Å². The molecule has 0 unspecified atom stereocenters. The summed E-state index contributed by atoms with van der Waals surface area (Å²) < 4.78 is 13.0. The molecule has 0 fully saturated rings. The summed E-state index contributed by atoms with van der Waals surface area (Å²) >= 11 is 0. The maximum absolute atomic E-state index is 10.8. The Morgan fingerprint density at radius 2 is 1.28 bits per heavy atom. The molecule has 1 N–H and O–H groups in total. The van der Waals surface area contributed by atoms with Crippen molar-refractivity contribution in [3.8, 4) is 0 Å². The normalized spacial score (nSPS) is 12.4. The predicted molar refractivity (Wildman–Crippen MR) is 171 cm³/mol. The van der Waals surface area contributed by atoms with E-state index in [4.69, 9.17) is 14.0 Å². The van der Waals surface area contributed by atoms with Crippen LogP contribution in [-0.4, -0.2) is 27.7 Å². The van der Waals surface area contributed by atoms with E-state index in [2.05, 4.69) is 94.7 Å². The van der Waals surface area contributed by atoms with Crippen LogP contribution >= 0.6 is 0 Å². The number of benzene rings is 2. The average molecular weight is 569 g/mol. The van der Waals surface area contributed by atoms with Crippen molar-refractivity contribution in [2.24, 2.45) is 0 Å². The molecule has 0 atom stereocenters. The van der Waals surface area contributed by atoms with Crippen LogP contribution in [0.4, 0.5) is 0 Å². The van der Waals surface area contributed by atoms with E-state index in [-0.39, 0.29) is 6.42 Å². The number of hydrogen-bond donors (Lipinski definition) is 1. The summed E-state index contributed by atoms with van der Waals surface area (Å²) in [6.45, 7) is 15.1. The Kier molecular flexibility index (Phi) is 14.4. The molecule has 0 heterocycles. The zero-order valence-electron chi connectivity index (χ0n) is 25.4. The van der Waals surface area contributed by atoms with Gasteiger partial charge in [-0.05, 0) is 97.5 Å². The SMILES string of the molecule is CCCC[Si](C)(C)OCc1cc(C=Cc2cccc(CCCCC(=O)O)c2)cc(CO[Si](C)(C)CCCC)c1. The smallest absolute Gasteiger partial charge is 0.303 e. The number of carboxylic acid groups (broad SMARTS) is 1. The summed E-state index contributed by atoms with van der Waals surface area (Å²) in [6.07, 6.45) is 12.0. The van der Waals surface area contributed by atoms with E-state index in [1.807, 2.05) is 0 Å². The van der Waals surface area contributed by atoms with E-state index in [1.165, 1.54) is 60.0 Å². The Morgan fingerprint density at radius 1 is 0.744 bits per heavy atom. The Balaban J connectivity index is 2.18. The molecule has 0 aliphatic rings. The molecular weight excluding hydrogens is 517 g/mol. The third kappa shape index (κ3) is 14.3. The van der Waals surface area contributed by atoms with E-state index < -0.39 is 22.6 Å². The number of aryl methyl sites for hydroxylation is 1. The van der Waals surface area contributed by atoms with Gasteiger partial charge in [-0.15, -0.1) is 0 Å². The Labute approximate surface area is 240 Å². The summed E-state index contributed by atoms with van der Waals surface area (Å²) in [5.74, 6) is -0.720. The molecule has 0 aliphatic carbocycles. The number of hydrogen-bond acceptors (Lipinski definition) is 3. The van der Waals surface area contributed by atoms with Crippen LogP contribution in [0.1, 0.15) is 86.6 Å². The van der Waals surface area contributed by atoms with E-state index in [1.54, 1.807) is 0 Å². The first-order chi connectivity index (χ1) is 18.5. The van der Waals surface area contributed by atoms with E-state index in [0.29, 0.717) is 19.6 Å². The largest absolute Gasteiger partial charge is 0.481 e. The van der Waals surface area contributed by atoms with E-state index >= 15 is 0 Å². The molecule has 0 aliphatic heterocycles. The quantitative estimate of drug-likeness (QED) is 0.104. The molecule has 6 heteroatoms. The van der Waals surface area contributed by atoms with Crippen molar-refractivity contribution in [1.82, 2.24) is 0 Å². The average Bonchev–Trinajstić information content (AvgIpc) is 2.90. The fourth-order valence-electron chi connectivity index (χ4n) is 4.61. The van der Waals surface area contributed by atoms with Crippen LogP contribution in [0.2, 0.25) is 38.3 Å². The number of rotatable bonds is 19. The van der Waals surface area contributed by atoms with Crippen LogP contribution in [0.3, 0.4) is 0 Å². The minimum atomic E-state index is -1.68. The molecule has 39 heavy (non-hydrogen) atoms. The van der Waals surface area contributed by atoms with Gasteiger partial charge in [-0.3, -0.25) is 4.79 Å². The minimum Gasteiger partial charge on any atom is -0.481 e. The van der Waals surface area contributed by atoms with Gasteiger partial charge in [-0.1, -0.05) is 82.0 Å². The van der Waals surface area contributed by atoms with Crippen LogP contribution in [0.25, 0.3) is 12.2 Å². The molecule has 0 saturated heterocycles. The second-order valence-electron chi connectivity index (χ2n) is 12.1. The highest BCUT2D eigenvalue weighted by atomic mass is 28.4. The van der Waals surface area contributed by atoms with Gasteiger partial charge in [0.25, 0.3) is 0 Å². The van der Waals surface area contributed by atoms with Crippen LogP contribution < -0.4 is 0 Å². The van der Waals surface area contributed by atoms with E-state index in [0.717, 1.165) is 18.4 Å². The maximum Gasteiger partial charge on any atom is 0.303 e. The van der Waals surface area contributed by atoms with Crippen LogP contribution in [0.5, 0.6) is 0 Å². The van der Waals surface area contributed by atoms with Gasteiger partial charge in [0.05, 0.1) is 13.2 Å². The van der Waals surface area contributed by atoms with Crippen molar-refractivity contribution >= 4 is 34.8 Å². The van der Waals surface area contributed by atoms with Gasteiger partial charge in [0.2, 0.25) is 0 Å². The van der Waals surface area contributed by atoms with Crippen LogP contribution in [0, 0.1) is 0 Å². The second kappa shape index (κ2) is 17.0. The summed E-state index contributed by atoms with van der Waals surface area (Å²) in [6, 6.07) is 17.7. The minimum absolute atomic E-state index is 0.238. The monoisotopic (exact) mass is 568 g/mol. The molecule has 2 rings (SSSR count). The first-order valence-electron chi connectivity index (χ1n) is 14.9. The lowest BCUT2D eigenvalue weighted by molar-refractivity contribution is -0.137. The first kappa shape index (κ1) is 33.2. The Bertz CT molecular complexity index is 1000. The topological polar surface area (TPSA) is 55.8 Å². The molecular formula is C33H52O4Si2. The zero-order chi connectivity index (χ0) is 28.7. The Morgan fingerprint density at radius 3 is 1.82 bits per heavy atom. The van der Waals surface area contributed by atoms with Crippen LogP contribution in [-0.2, 0) is 33.3 Å². The van der Waals surface area contributed by atoms with Gasteiger partial charge in [0, 0.05) is 6.42 Å². The molecule has 0 bridgehead atoms. The number of carbonyl (C=O) groups is 1. The van der Waals surface area contributed by atoms with Crippen molar-refractivity contribution in [2.45, 2.75) is 117 Å². The molecule has 2 aromatic carbocycles. The summed E-state index contributed by atoms with van der Waals surface area (Å²) in [5.41, 5.74) is 6.01. The van der Waals surface area contributed by atoms with Crippen molar-refractivity contribution in [3.05, 3.63) is 70.3 Å². The molecule has 0 saturated carbocycles. The fraction of sp³-hybridized carbons (Fsp3) is 0.545. The number of carboxylic acids is 1. The molecule has 0 radical (unpaired) electrons. The maximum atomic E-state index is 10.8. The first-order valence-corrected chi connectivity index (χ1v) is 21.1. The summed E-state index contributed by atoms with van der Waals surface area (Å²) in [5, 5.41) is 8.87. The van der Waals surface area contributed by atoms with Crippen molar-refractivity contribution in [1.29, 1.82) is 0 Å². The molecule has 0 spiro atoms. The number of unbranched alkanes of at least 4 members (excludes halogenated alkanes) is 3. The van der Waals surface area contributed by atoms with Gasteiger partial charge in [-0.2, -0.15) is 0 Å². The lowest BCUT2D eigenvalue weighted by Crippen LogP contribution is -2.30. The third-order valence-corrected chi connectivity index (χ3v) is 12.1. The molecule has 0 aromatic heterocycles. The molecule has 0 amide bonds. The summed E-state index contributed by atoms with van der Waals surface area (Å²) in [4.78, 5) is 10.8. The van der Waals surface area contributed by atoms with Gasteiger partial charge in [-0.25, -0.2) is 0 Å². The fourth-order valence-corrected chi connectivity index (χ4v) is 8.42. The highest BCUT2D eigenvalue weighted by Gasteiger charge is 2.23. The number of aliphatic carboxylic acids is 1.